The summed E-state index contributed by atoms with van der Waals surface area (Å²) < 4.78 is 30.3. The zero-order valence-electron chi connectivity index (χ0n) is 16.5. The number of para-hydroxylation sites is 1. The van der Waals surface area contributed by atoms with Crippen LogP contribution in [-0.4, -0.2) is 32.5 Å². The first-order valence-electron chi connectivity index (χ1n) is 9.46. The molecule has 8 heteroatoms. The normalized spacial score (nSPS) is 11.7. The summed E-state index contributed by atoms with van der Waals surface area (Å²) in [6, 6.07) is 20.3. The van der Waals surface area contributed by atoms with E-state index in [1.165, 1.54) is 10.5 Å². The molecular weight excluding hydrogens is 398 g/mol. The fraction of sp³-hybridized carbons (Fsp3) is 0.136. The largest absolute Gasteiger partial charge is 0.260 e. The predicted molar refractivity (Wildman–Crippen MR) is 113 cm³/mol. The molecule has 7 nitrogen and oxygen atoms in total. The molecule has 4 aromatic rings. The highest BCUT2D eigenvalue weighted by Crippen LogP contribution is 2.24. The summed E-state index contributed by atoms with van der Waals surface area (Å²) in [6.07, 6.45) is 4.71. The van der Waals surface area contributed by atoms with Crippen molar-refractivity contribution in [1.29, 1.82) is 0 Å². The van der Waals surface area contributed by atoms with Crippen molar-refractivity contribution in [1.82, 2.24) is 24.1 Å². The van der Waals surface area contributed by atoms with Gasteiger partial charge in [0.15, 0.2) is 0 Å². The standard InChI is InChI=1S/C22H21N5O2S/c1-18-22(15-25-27(18)21-11-3-2-4-12-21)30(28,29)26(16-19-9-5-7-13-23-19)17-20-10-6-8-14-24-20/h2-15H,16-17H2,1H3. The van der Waals surface area contributed by atoms with E-state index in [-0.39, 0.29) is 18.0 Å². The molecule has 3 heterocycles. The van der Waals surface area contributed by atoms with E-state index in [2.05, 4.69) is 15.1 Å². The molecule has 3 aromatic heterocycles. The van der Waals surface area contributed by atoms with Gasteiger partial charge in [-0.25, -0.2) is 13.1 Å². The van der Waals surface area contributed by atoms with Gasteiger partial charge in [0, 0.05) is 12.4 Å². The Hall–Kier alpha value is -3.36. The Morgan fingerprint density at radius 3 is 1.93 bits per heavy atom. The van der Waals surface area contributed by atoms with Gasteiger partial charge in [0.05, 0.1) is 42.1 Å². The third-order valence-corrected chi connectivity index (χ3v) is 6.61. The van der Waals surface area contributed by atoms with Gasteiger partial charge in [0.25, 0.3) is 0 Å². The van der Waals surface area contributed by atoms with Gasteiger partial charge in [0.2, 0.25) is 10.0 Å². The van der Waals surface area contributed by atoms with Crippen LogP contribution in [0.4, 0.5) is 0 Å². The highest BCUT2D eigenvalue weighted by molar-refractivity contribution is 7.89. The van der Waals surface area contributed by atoms with E-state index in [1.54, 1.807) is 48.3 Å². The summed E-state index contributed by atoms with van der Waals surface area (Å²) in [7, 11) is -3.85. The number of aromatic nitrogens is 4. The van der Waals surface area contributed by atoms with Crippen molar-refractivity contribution in [3.05, 3.63) is 102 Å². The first-order chi connectivity index (χ1) is 14.6. The molecule has 0 bridgehead atoms. The lowest BCUT2D eigenvalue weighted by atomic mass is 10.3. The highest BCUT2D eigenvalue weighted by atomic mass is 32.2. The minimum atomic E-state index is -3.85. The SMILES string of the molecule is Cc1c(S(=O)(=O)N(Cc2ccccn2)Cc2ccccn2)cnn1-c1ccccc1. The number of hydrogen-bond donors (Lipinski definition) is 0. The fourth-order valence-electron chi connectivity index (χ4n) is 3.19. The summed E-state index contributed by atoms with van der Waals surface area (Å²) in [5, 5.41) is 4.33. The van der Waals surface area contributed by atoms with Crippen LogP contribution in [0.5, 0.6) is 0 Å². The van der Waals surface area contributed by atoms with Gasteiger partial charge in [-0.2, -0.15) is 9.40 Å². The fourth-order valence-corrected chi connectivity index (χ4v) is 4.71. The molecule has 0 amide bonds. The maximum Gasteiger partial charge on any atom is 0.247 e. The number of sulfonamides is 1. The molecular formula is C22H21N5O2S. The average Bonchev–Trinajstić information content (AvgIpc) is 3.17. The van der Waals surface area contributed by atoms with Gasteiger partial charge in [0.1, 0.15) is 4.90 Å². The Kier molecular flexibility index (Phi) is 5.69. The molecule has 152 valence electrons. The van der Waals surface area contributed by atoms with E-state index in [4.69, 9.17) is 0 Å². The van der Waals surface area contributed by atoms with E-state index in [1.807, 2.05) is 42.5 Å². The van der Waals surface area contributed by atoms with Crippen LogP contribution in [0.3, 0.4) is 0 Å². The van der Waals surface area contributed by atoms with E-state index >= 15 is 0 Å². The van der Waals surface area contributed by atoms with Gasteiger partial charge in [-0.3, -0.25) is 9.97 Å². The summed E-state index contributed by atoms with van der Waals surface area (Å²) in [6.45, 7) is 2.03. The molecule has 0 aliphatic heterocycles. The molecule has 0 atom stereocenters. The Bertz CT molecular complexity index is 1170. The maximum absolute atomic E-state index is 13.6. The van der Waals surface area contributed by atoms with E-state index in [0.29, 0.717) is 17.1 Å². The number of rotatable bonds is 7. The molecule has 0 spiro atoms. The zero-order valence-corrected chi connectivity index (χ0v) is 17.3. The average molecular weight is 420 g/mol. The van der Waals surface area contributed by atoms with E-state index < -0.39 is 10.0 Å². The summed E-state index contributed by atoms with van der Waals surface area (Å²) in [5.74, 6) is 0. The van der Waals surface area contributed by atoms with Crippen molar-refractivity contribution >= 4 is 10.0 Å². The molecule has 1 aromatic carbocycles. The second-order valence-electron chi connectivity index (χ2n) is 6.76. The smallest absolute Gasteiger partial charge is 0.247 e. The van der Waals surface area contributed by atoms with Gasteiger partial charge in [-0.05, 0) is 43.3 Å². The minimum Gasteiger partial charge on any atom is -0.260 e. The van der Waals surface area contributed by atoms with Gasteiger partial charge < -0.3 is 0 Å². The second-order valence-corrected chi connectivity index (χ2v) is 8.66. The highest BCUT2D eigenvalue weighted by Gasteiger charge is 2.29. The van der Waals surface area contributed by atoms with Crippen LogP contribution in [0.2, 0.25) is 0 Å². The first kappa shape index (κ1) is 19.9. The molecule has 0 aliphatic rings. The lowest BCUT2D eigenvalue weighted by molar-refractivity contribution is 0.392. The van der Waals surface area contributed by atoms with Gasteiger partial charge >= 0.3 is 0 Å². The Morgan fingerprint density at radius 2 is 1.40 bits per heavy atom. The molecule has 0 N–H and O–H groups in total. The van der Waals surface area contributed by atoms with Crippen LogP contribution in [0, 0.1) is 6.92 Å². The Morgan fingerprint density at radius 1 is 0.833 bits per heavy atom. The quantitative estimate of drug-likeness (QED) is 0.459. The van der Waals surface area contributed by atoms with E-state index in [0.717, 1.165) is 5.69 Å². The van der Waals surface area contributed by atoms with Crippen LogP contribution in [-0.2, 0) is 23.1 Å². The van der Waals surface area contributed by atoms with Gasteiger partial charge in [-0.1, -0.05) is 30.3 Å². The van der Waals surface area contributed by atoms with Crippen LogP contribution >= 0.6 is 0 Å². The molecule has 0 saturated carbocycles. The number of benzene rings is 1. The number of hydrogen-bond acceptors (Lipinski definition) is 5. The first-order valence-corrected chi connectivity index (χ1v) is 10.9. The lowest BCUT2D eigenvalue weighted by Crippen LogP contribution is -2.31. The second kappa shape index (κ2) is 8.56. The number of nitrogens with zero attached hydrogens (tertiary/aromatic N) is 5. The van der Waals surface area contributed by atoms with Gasteiger partial charge in [-0.15, -0.1) is 0 Å². The lowest BCUT2D eigenvalue weighted by Gasteiger charge is -2.21. The molecule has 0 aliphatic carbocycles. The monoisotopic (exact) mass is 419 g/mol. The number of pyridine rings is 2. The van der Waals surface area contributed by atoms with Crippen molar-refractivity contribution in [2.45, 2.75) is 24.9 Å². The zero-order chi connectivity index (χ0) is 21.0. The maximum atomic E-state index is 13.6. The Labute approximate surface area is 175 Å². The molecule has 4 rings (SSSR count). The van der Waals surface area contributed by atoms with Crippen molar-refractivity contribution < 1.29 is 8.42 Å². The Balaban J connectivity index is 1.73. The topological polar surface area (TPSA) is 81.0 Å². The van der Waals surface area contributed by atoms with Crippen molar-refractivity contribution in [2.75, 3.05) is 0 Å². The van der Waals surface area contributed by atoms with Crippen LogP contribution in [0.1, 0.15) is 17.1 Å². The molecule has 0 saturated heterocycles. The predicted octanol–water partition coefficient (Wildman–Crippen LogP) is 3.36. The van der Waals surface area contributed by atoms with Crippen molar-refractivity contribution in [2.24, 2.45) is 0 Å². The van der Waals surface area contributed by atoms with Crippen LogP contribution < -0.4 is 0 Å². The van der Waals surface area contributed by atoms with Crippen LogP contribution in [0.15, 0.2) is 90.2 Å². The third kappa shape index (κ3) is 4.14. The van der Waals surface area contributed by atoms with Crippen molar-refractivity contribution in [3.8, 4) is 5.69 Å². The summed E-state index contributed by atoms with van der Waals surface area (Å²) >= 11 is 0. The third-order valence-electron chi connectivity index (χ3n) is 4.71. The molecule has 0 fully saturated rings. The van der Waals surface area contributed by atoms with Crippen molar-refractivity contribution in [3.63, 3.8) is 0 Å². The minimum absolute atomic E-state index is 0.135. The summed E-state index contributed by atoms with van der Waals surface area (Å²) in [5.41, 5.74) is 2.67. The summed E-state index contributed by atoms with van der Waals surface area (Å²) in [4.78, 5) is 8.76. The molecule has 0 radical (unpaired) electrons. The van der Waals surface area contributed by atoms with Crippen LogP contribution in [0.25, 0.3) is 5.69 Å². The van der Waals surface area contributed by atoms with E-state index in [9.17, 15) is 8.42 Å². The molecule has 30 heavy (non-hydrogen) atoms. The molecule has 0 unspecified atom stereocenters.